The molecule has 5 heteroatoms. The van der Waals surface area contributed by atoms with Crippen LogP contribution in [0.2, 0.25) is 0 Å². The van der Waals surface area contributed by atoms with Crippen molar-refractivity contribution in [3.05, 3.63) is 41.0 Å². The molecule has 1 saturated heterocycles. The molecule has 0 unspecified atom stereocenters. The predicted octanol–water partition coefficient (Wildman–Crippen LogP) is 6.93. The van der Waals surface area contributed by atoms with Crippen molar-refractivity contribution in [3.63, 3.8) is 0 Å². The van der Waals surface area contributed by atoms with Gasteiger partial charge in [0.25, 0.3) is 0 Å². The highest BCUT2D eigenvalue weighted by molar-refractivity contribution is 5.52. The Morgan fingerprint density at radius 3 is 2.31 bits per heavy atom. The summed E-state index contributed by atoms with van der Waals surface area (Å²) in [5.41, 5.74) is -0.820. The molecular weight excluding hydrogens is 377 g/mol. The number of rotatable bonds is 7. The van der Waals surface area contributed by atoms with Crippen LogP contribution in [0, 0.1) is 17.6 Å². The molecule has 3 rings (SSSR count). The lowest BCUT2D eigenvalue weighted by molar-refractivity contribution is -0.212. The summed E-state index contributed by atoms with van der Waals surface area (Å²) in [7, 11) is 0. The summed E-state index contributed by atoms with van der Waals surface area (Å²) in [6.07, 6.45) is 9.73. The molecule has 1 aromatic carbocycles. The van der Waals surface area contributed by atoms with Gasteiger partial charge in [0.05, 0.1) is 13.2 Å². The van der Waals surface area contributed by atoms with Gasteiger partial charge in [0, 0.05) is 5.56 Å². The highest BCUT2D eigenvalue weighted by atomic mass is 19.2. The maximum Gasteiger partial charge on any atom is 0.177 e. The van der Waals surface area contributed by atoms with E-state index in [2.05, 4.69) is 6.92 Å². The number of hydrogen-bond donors (Lipinski definition) is 0. The number of alkyl halides is 1. The van der Waals surface area contributed by atoms with E-state index in [-0.39, 0.29) is 24.7 Å². The molecule has 2 nitrogen and oxygen atoms in total. The quantitative estimate of drug-likeness (QED) is 0.485. The smallest absolute Gasteiger partial charge is 0.177 e. The van der Waals surface area contributed by atoms with Crippen LogP contribution in [-0.4, -0.2) is 25.2 Å². The summed E-state index contributed by atoms with van der Waals surface area (Å²) in [5.74, 6) is -0.766. The molecule has 0 aromatic heterocycles. The normalized spacial score (nSPS) is 30.7. The van der Waals surface area contributed by atoms with Crippen LogP contribution in [0.25, 0.3) is 6.08 Å². The highest BCUT2D eigenvalue weighted by Gasteiger charge is 2.35. The second-order valence-corrected chi connectivity index (χ2v) is 8.63. The fourth-order valence-corrected chi connectivity index (χ4v) is 4.63. The van der Waals surface area contributed by atoms with Gasteiger partial charge in [0.1, 0.15) is 0 Å². The monoisotopic (exact) mass is 410 g/mol. The van der Waals surface area contributed by atoms with Gasteiger partial charge in [-0.25, -0.2) is 13.2 Å². The summed E-state index contributed by atoms with van der Waals surface area (Å²) in [4.78, 5) is 0. The van der Waals surface area contributed by atoms with Crippen LogP contribution >= 0.6 is 0 Å². The van der Waals surface area contributed by atoms with Gasteiger partial charge in [0.15, 0.2) is 23.6 Å². The summed E-state index contributed by atoms with van der Waals surface area (Å²) >= 11 is 0. The van der Waals surface area contributed by atoms with E-state index in [4.69, 9.17) is 9.47 Å². The van der Waals surface area contributed by atoms with E-state index in [0.717, 1.165) is 31.6 Å². The fraction of sp³-hybridized carbons (Fsp3) is 0.667. The van der Waals surface area contributed by atoms with E-state index in [0.29, 0.717) is 18.4 Å². The Balaban J connectivity index is 1.61. The Bertz CT molecular complexity index is 688. The third kappa shape index (κ3) is 5.64. The first kappa shape index (κ1) is 22.4. The fourth-order valence-electron chi connectivity index (χ4n) is 4.63. The summed E-state index contributed by atoms with van der Waals surface area (Å²) in [6.45, 7) is 4.00. The Morgan fingerprint density at radius 2 is 1.69 bits per heavy atom. The lowest BCUT2D eigenvalue weighted by atomic mass is 9.77. The van der Waals surface area contributed by atoms with Crippen LogP contribution in [-0.2, 0) is 9.47 Å². The molecular formula is C24H33F3O2. The van der Waals surface area contributed by atoms with Gasteiger partial charge in [-0.05, 0) is 55.6 Å². The van der Waals surface area contributed by atoms with Crippen molar-refractivity contribution < 1.29 is 22.6 Å². The van der Waals surface area contributed by atoms with Gasteiger partial charge in [-0.3, -0.25) is 0 Å². The third-order valence-corrected chi connectivity index (χ3v) is 6.27. The first-order valence-electron chi connectivity index (χ1n) is 11.0. The number of benzene rings is 1. The second kappa shape index (κ2) is 10.1. The number of ether oxygens (including phenoxy) is 2. The highest BCUT2D eigenvalue weighted by Crippen LogP contribution is 2.39. The number of hydrogen-bond acceptors (Lipinski definition) is 2. The molecule has 2 aliphatic rings. The van der Waals surface area contributed by atoms with Crippen molar-refractivity contribution in [1.82, 2.24) is 0 Å². The van der Waals surface area contributed by atoms with Crippen LogP contribution in [0.3, 0.4) is 0 Å². The molecule has 0 N–H and O–H groups in total. The Hall–Kier alpha value is -1.33. The lowest BCUT2D eigenvalue weighted by Gasteiger charge is -2.32. The van der Waals surface area contributed by atoms with Crippen LogP contribution in [0.1, 0.15) is 82.3 Å². The minimum atomic E-state index is -1.46. The van der Waals surface area contributed by atoms with E-state index in [9.17, 15) is 13.2 Å². The van der Waals surface area contributed by atoms with Crippen LogP contribution in [0.5, 0.6) is 0 Å². The number of halogens is 3. The van der Waals surface area contributed by atoms with Gasteiger partial charge < -0.3 is 9.47 Å². The van der Waals surface area contributed by atoms with Gasteiger partial charge in [0.2, 0.25) is 0 Å². The Kier molecular flexibility index (Phi) is 7.80. The van der Waals surface area contributed by atoms with Crippen molar-refractivity contribution in [3.8, 4) is 0 Å². The minimum absolute atomic E-state index is 0.0493. The van der Waals surface area contributed by atoms with Gasteiger partial charge in [-0.2, -0.15) is 0 Å². The van der Waals surface area contributed by atoms with Crippen LogP contribution in [0.4, 0.5) is 13.2 Å². The standard InChI is InChI=1S/C24H33F3O2/c1-3-5-17-6-8-18(9-7-17)20-12-10-19(22(25)23(20)26)11-13-21-28-15-24(27,14-4-2)16-29-21/h10-13,17-18,21H,3-9,14-16H2,1-2H3/b13-11+. The predicted molar refractivity (Wildman–Crippen MR) is 109 cm³/mol. The van der Waals surface area contributed by atoms with Crippen molar-refractivity contribution >= 4 is 6.08 Å². The first-order chi connectivity index (χ1) is 14.0. The van der Waals surface area contributed by atoms with E-state index in [1.807, 2.05) is 6.92 Å². The molecule has 1 aliphatic heterocycles. The molecule has 1 heterocycles. The van der Waals surface area contributed by atoms with Crippen molar-refractivity contribution in [2.75, 3.05) is 13.2 Å². The van der Waals surface area contributed by atoms with E-state index in [1.165, 1.54) is 25.0 Å². The van der Waals surface area contributed by atoms with Gasteiger partial charge >= 0.3 is 0 Å². The average molecular weight is 411 g/mol. The largest absolute Gasteiger partial charge is 0.346 e. The Morgan fingerprint density at radius 1 is 1.00 bits per heavy atom. The molecule has 0 atom stereocenters. The lowest BCUT2D eigenvalue weighted by Crippen LogP contribution is -2.43. The Labute approximate surface area is 172 Å². The van der Waals surface area contributed by atoms with E-state index < -0.39 is 23.6 Å². The van der Waals surface area contributed by atoms with E-state index in [1.54, 1.807) is 12.1 Å². The zero-order valence-corrected chi connectivity index (χ0v) is 17.6. The second-order valence-electron chi connectivity index (χ2n) is 8.63. The first-order valence-corrected chi connectivity index (χ1v) is 11.0. The third-order valence-electron chi connectivity index (χ3n) is 6.27. The molecule has 0 radical (unpaired) electrons. The van der Waals surface area contributed by atoms with Gasteiger partial charge in [-0.1, -0.05) is 51.3 Å². The molecule has 1 aromatic rings. The van der Waals surface area contributed by atoms with Crippen LogP contribution in [0.15, 0.2) is 18.2 Å². The zero-order valence-electron chi connectivity index (χ0n) is 17.6. The zero-order chi connectivity index (χ0) is 20.9. The SMILES string of the molecule is CCCC1CCC(c2ccc(/C=C/C3OCC(F)(CCC)CO3)c(F)c2F)CC1. The summed E-state index contributed by atoms with van der Waals surface area (Å²) in [5, 5.41) is 0. The maximum atomic E-state index is 14.7. The summed E-state index contributed by atoms with van der Waals surface area (Å²) in [6, 6.07) is 3.32. The molecule has 29 heavy (non-hydrogen) atoms. The van der Waals surface area contributed by atoms with Crippen LogP contribution < -0.4 is 0 Å². The molecule has 2 fully saturated rings. The van der Waals surface area contributed by atoms with Crippen molar-refractivity contribution in [1.29, 1.82) is 0 Å². The van der Waals surface area contributed by atoms with Crippen molar-refractivity contribution in [2.45, 2.75) is 83.1 Å². The van der Waals surface area contributed by atoms with Crippen molar-refractivity contribution in [2.24, 2.45) is 5.92 Å². The van der Waals surface area contributed by atoms with E-state index >= 15 is 0 Å². The molecule has 162 valence electrons. The van der Waals surface area contributed by atoms with Gasteiger partial charge in [-0.15, -0.1) is 0 Å². The minimum Gasteiger partial charge on any atom is -0.346 e. The topological polar surface area (TPSA) is 18.5 Å². The average Bonchev–Trinajstić information content (AvgIpc) is 2.72. The molecule has 0 spiro atoms. The molecule has 0 amide bonds. The molecule has 0 bridgehead atoms. The molecule has 1 aliphatic carbocycles. The maximum absolute atomic E-state index is 14.7. The summed E-state index contributed by atoms with van der Waals surface area (Å²) < 4.78 is 54.5. The molecule has 1 saturated carbocycles.